The molecule has 0 unspecified atom stereocenters. The van der Waals surface area contributed by atoms with E-state index < -0.39 is 6.10 Å². The summed E-state index contributed by atoms with van der Waals surface area (Å²) in [6.07, 6.45) is -0.603. The first-order valence-corrected chi connectivity index (χ1v) is 7.06. The van der Waals surface area contributed by atoms with Crippen molar-refractivity contribution in [3.8, 4) is 0 Å². The lowest BCUT2D eigenvalue weighted by molar-refractivity contribution is -0.383. The van der Waals surface area contributed by atoms with E-state index in [1.807, 2.05) is 18.7 Å². The number of hydrogen-bond acceptors (Lipinski definition) is 6. The summed E-state index contributed by atoms with van der Waals surface area (Å²) >= 11 is 1.29. The van der Waals surface area contributed by atoms with E-state index in [9.17, 15) is 15.2 Å². The maximum absolute atomic E-state index is 11.1. The van der Waals surface area contributed by atoms with Gasteiger partial charge in [0.15, 0.2) is 5.00 Å². The average Bonchev–Trinajstić information content (AvgIpc) is 2.72. The fourth-order valence-electron chi connectivity index (χ4n) is 2.30. The fourth-order valence-corrected chi connectivity index (χ4v) is 3.38. The third-order valence-electron chi connectivity index (χ3n) is 3.03. The maximum Gasteiger partial charge on any atom is 0.304 e. The van der Waals surface area contributed by atoms with Gasteiger partial charge < -0.3 is 14.7 Å². The molecule has 0 radical (unpaired) electrons. The summed E-state index contributed by atoms with van der Waals surface area (Å²) in [6, 6.07) is 1.47. The van der Waals surface area contributed by atoms with Crippen LogP contribution in [-0.4, -0.2) is 35.3 Å². The van der Waals surface area contributed by atoms with Crippen LogP contribution in [0.2, 0.25) is 0 Å². The van der Waals surface area contributed by atoms with Gasteiger partial charge >= 0.3 is 5.69 Å². The van der Waals surface area contributed by atoms with E-state index in [4.69, 9.17) is 4.74 Å². The summed E-state index contributed by atoms with van der Waals surface area (Å²) in [5.74, 6) is 0. The highest BCUT2D eigenvalue weighted by molar-refractivity contribution is 7.16. The zero-order valence-electron chi connectivity index (χ0n) is 11.2. The number of nitrogens with zero attached hydrogens (tertiary/aromatic N) is 2. The summed E-state index contributed by atoms with van der Waals surface area (Å²) in [6.45, 7) is 6.79. The van der Waals surface area contributed by atoms with Crippen LogP contribution in [0.5, 0.6) is 0 Å². The van der Waals surface area contributed by atoms with Crippen LogP contribution in [0.1, 0.15) is 31.8 Å². The van der Waals surface area contributed by atoms with Gasteiger partial charge in [-0.2, -0.15) is 0 Å². The molecule has 0 spiro atoms. The number of anilines is 1. The molecular formula is C12H18N2O4S. The van der Waals surface area contributed by atoms with E-state index in [0.29, 0.717) is 23.0 Å². The molecule has 2 rings (SSSR count). The fraction of sp³-hybridized carbons (Fsp3) is 0.667. The normalized spacial score (nSPS) is 25.4. The van der Waals surface area contributed by atoms with Crippen molar-refractivity contribution in [1.82, 2.24) is 0 Å². The van der Waals surface area contributed by atoms with E-state index >= 15 is 0 Å². The molecule has 19 heavy (non-hydrogen) atoms. The quantitative estimate of drug-likeness (QED) is 0.681. The van der Waals surface area contributed by atoms with E-state index in [1.54, 1.807) is 6.92 Å². The molecule has 0 aliphatic carbocycles. The second-order valence-corrected chi connectivity index (χ2v) is 6.00. The Labute approximate surface area is 115 Å². The Morgan fingerprint density at radius 2 is 2.11 bits per heavy atom. The van der Waals surface area contributed by atoms with Gasteiger partial charge in [-0.25, -0.2) is 0 Å². The molecule has 1 aromatic heterocycles. The summed E-state index contributed by atoms with van der Waals surface area (Å²) in [7, 11) is 0. The lowest BCUT2D eigenvalue weighted by atomic mass is 10.2. The molecule has 1 aliphatic rings. The third kappa shape index (κ3) is 3.05. The van der Waals surface area contributed by atoms with Crippen molar-refractivity contribution in [2.45, 2.75) is 39.1 Å². The van der Waals surface area contributed by atoms with Gasteiger partial charge in [0, 0.05) is 24.0 Å². The topological polar surface area (TPSA) is 75.8 Å². The van der Waals surface area contributed by atoms with Crippen molar-refractivity contribution in [2.75, 3.05) is 18.0 Å². The number of aliphatic hydroxyl groups is 1. The minimum atomic E-state index is -0.687. The molecule has 1 saturated heterocycles. The minimum Gasteiger partial charge on any atom is -0.388 e. The molecule has 106 valence electrons. The number of nitro groups is 1. The van der Waals surface area contributed by atoms with Crippen molar-refractivity contribution in [3.63, 3.8) is 0 Å². The van der Waals surface area contributed by atoms with Crippen LogP contribution in [0, 0.1) is 10.1 Å². The molecular weight excluding hydrogens is 268 g/mol. The second kappa shape index (κ2) is 5.44. The standard InChI is InChI=1S/C12H18N2O4S/c1-7-5-13(6-8(2)18-7)12-10(14(16)17)4-11(19-12)9(3)15/h4,7-9,15H,5-6H2,1-3H3/t7-,8+,9-/m0/s1. The Morgan fingerprint density at radius 1 is 1.53 bits per heavy atom. The van der Waals surface area contributed by atoms with Crippen LogP contribution in [-0.2, 0) is 4.74 Å². The number of rotatable bonds is 3. The average molecular weight is 286 g/mol. The van der Waals surface area contributed by atoms with Crippen LogP contribution < -0.4 is 4.90 Å². The highest BCUT2D eigenvalue weighted by Crippen LogP contribution is 2.41. The molecule has 0 saturated carbocycles. The van der Waals surface area contributed by atoms with Crippen molar-refractivity contribution in [3.05, 3.63) is 21.1 Å². The predicted octanol–water partition coefficient (Wildman–Crippen LogP) is 2.32. The molecule has 3 atom stereocenters. The van der Waals surface area contributed by atoms with Gasteiger partial charge in [-0.05, 0) is 20.8 Å². The summed E-state index contributed by atoms with van der Waals surface area (Å²) in [5, 5.41) is 21.3. The van der Waals surface area contributed by atoms with Crippen molar-refractivity contribution >= 4 is 22.0 Å². The number of morpholine rings is 1. The molecule has 0 amide bonds. The van der Waals surface area contributed by atoms with Crippen molar-refractivity contribution < 1.29 is 14.8 Å². The summed E-state index contributed by atoms with van der Waals surface area (Å²) in [5.41, 5.74) is 0.0715. The molecule has 1 aliphatic heterocycles. The molecule has 2 heterocycles. The minimum absolute atomic E-state index is 0.0421. The van der Waals surface area contributed by atoms with E-state index in [0.717, 1.165) is 0 Å². The first-order chi connectivity index (χ1) is 8.88. The van der Waals surface area contributed by atoms with Crippen LogP contribution in [0.15, 0.2) is 6.07 Å². The van der Waals surface area contributed by atoms with E-state index in [2.05, 4.69) is 0 Å². The molecule has 7 heteroatoms. The lowest BCUT2D eigenvalue weighted by Gasteiger charge is -2.35. The zero-order chi connectivity index (χ0) is 14.2. The zero-order valence-corrected chi connectivity index (χ0v) is 12.0. The summed E-state index contributed by atoms with van der Waals surface area (Å²) < 4.78 is 5.64. The number of aliphatic hydroxyl groups excluding tert-OH is 1. The van der Waals surface area contributed by atoms with Gasteiger partial charge in [0.1, 0.15) is 0 Å². The number of ether oxygens (including phenoxy) is 1. The van der Waals surface area contributed by atoms with Gasteiger partial charge in [0.05, 0.1) is 23.2 Å². The molecule has 0 aromatic carbocycles. The Kier molecular flexibility index (Phi) is 4.07. The monoisotopic (exact) mass is 286 g/mol. The van der Waals surface area contributed by atoms with Gasteiger partial charge in [-0.1, -0.05) is 0 Å². The first-order valence-electron chi connectivity index (χ1n) is 6.25. The van der Waals surface area contributed by atoms with Crippen LogP contribution >= 0.6 is 11.3 Å². The highest BCUT2D eigenvalue weighted by Gasteiger charge is 2.30. The Balaban J connectivity index is 2.34. The van der Waals surface area contributed by atoms with E-state index in [-0.39, 0.29) is 22.8 Å². The predicted molar refractivity (Wildman–Crippen MR) is 73.8 cm³/mol. The maximum atomic E-state index is 11.1. The largest absolute Gasteiger partial charge is 0.388 e. The Bertz CT molecular complexity index is 464. The molecule has 6 nitrogen and oxygen atoms in total. The Hall–Kier alpha value is -1.18. The molecule has 1 N–H and O–H groups in total. The number of hydrogen-bond donors (Lipinski definition) is 1. The molecule has 1 fully saturated rings. The number of thiophene rings is 1. The van der Waals surface area contributed by atoms with Gasteiger partial charge in [0.2, 0.25) is 0 Å². The molecule has 0 bridgehead atoms. The highest BCUT2D eigenvalue weighted by atomic mass is 32.1. The van der Waals surface area contributed by atoms with Crippen LogP contribution in [0.4, 0.5) is 10.7 Å². The van der Waals surface area contributed by atoms with Crippen molar-refractivity contribution in [2.24, 2.45) is 0 Å². The van der Waals surface area contributed by atoms with Gasteiger partial charge in [-0.15, -0.1) is 11.3 Å². The smallest absolute Gasteiger partial charge is 0.304 e. The van der Waals surface area contributed by atoms with Crippen LogP contribution in [0.3, 0.4) is 0 Å². The van der Waals surface area contributed by atoms with Crippen LogP contribution in [0.25, 0.3) is 0 Å². The van der Waals surface area contributed by atoms with Crippen molar-refractivity contribution in [1.29, 1.82) is 0 Å². The summed E-state index contributed by atoms with van der Waals surface area (Å²) in [4.78, 5) is 13.3. The van der Waals surface area contributed by atoms with Gasteiger partial charge in [0.25, 0.3) is 0 Å². The van der Waals surface area contributed by atoms with E-state index in [1.165, 1.54) is 17.4 Å². The lowest BCUT2D eigenvalue weighted by Crippen LogP contribution is -2.45. The van der Waals surface area contributed by atoms with Gasteiger partial charge in [-0.3, -0.25) is 10.1 Å². The second-order valence-electron chi connectivity index (χ2n) is 4.93. The molecule has 1 aromatic rings. The Morgan fingerprint density at radius 3 is 2.58 bits per heavy atom. The third-order valence-corrected chi connectivity index (χ3v) is 4.38. The first kappa shape index (κ1) is 14.2. The SMILES string of the molecule is C[C@@H]1CN(c2sc([C@H](C)O)cc2[N+](=O)[O-])C[C@H](C)O1.